The van der Waals surface area contributed by atoms with Crippen LogP contribution in [0.15, 0.2) is 22.2 Å². The van der Waals surface area contributed by atoms with Crippen molar-refractivity contribution in [2.75, 3.05) is 19.8 Å². The molecule has 1 N–H and O–H groups in total. The van der Waals surface area contributed by atoms with Gasteiger partial charge < -0.3 is 14.8 Å². The summed E-state index contributed by atoms with van der Waals surface area (Å²) >= 11 is 3.58. The van der Waals surface area contributed by atoms with Gasteiger partial charge in [0.15, 0.2) is 11.5 Å². The number of ether oxygens (including phenoxy) is 2. The molecule has 0 bridgehead atoms. The molecule has 1 atom stereocenters. The Hall–Kier alpha value is -1.00. The van der Waals surface area contributed by atoms with Gasteiger partial charge >= 0.3 is 0 Å². The second kappa shape index (κ2) is 7.14. The molecular weight excluding hydrogens is 318 g/mol. The molecule has 1 aliphatic heterocycles. The Labute approximate surface area is 129 Å². The Kier molecular flexibility index (Phi) is 5.49. The number of fused-ring (bicyclic) bond motifs is 1. The van der Waals surface area contributed by atoms with E-state index in [1.807, 2.05) is 6.07 Å². The third kappa shape index (κ3) is 3.76. The van der Waals surface area contributed by atoms with Gasteiger partial charge in [-0.3, -0.25) is 0 Å². The lowest BCUT2D eigenvalue weighted by Gasteiger charge is -2.14. The fourth-order valence-electron chi connectivity index (χ4n) is 2.19. The molecule has 0 saturated heterocycles. The van der Waals surface area contributed by atoms with E-state index in [1.54, 1.807) is 0 Å². The van der Waals surface area contributed by atoms with E-state index in [4.69, 9.17) is 9.47 Å². The van der Waals surface area contributed by atoms with E-state index in [2.05, 4.69) is 54.2 Å². The average Bonchev–Trinajstić information content (AvgIpc) is 2.64. The number of halogens is 1. The zero-order valence-corrected chi connectivity index (χ0v) is 13.9. The van der Waals surface area contributed by atoms with E-state index < -0.39 is 0 Å². The molecule has 20 heavy (non-hydrogen) atoms. The van der Waals surface area contributed by atoms with Crippen LogP contribution in [0.25, 0.3) is 6.08 Å². The number of hydrogen-bond donors (Lipinski definition) is 1. The summed E-state index contributed by atoms with van der Waals surface area (Å²) in [6, 6.07) is 4.50. The van der Waals surface area contributed by atoms with Gasteiger partial charge in [0.2, 0.25) is 0 Å². The maximum absolute atomic E-state index is 5.76. The monoisotopic (exact) mass is 339 g/mol. The van der Waals surface area contributed by atoms with E-state index >= 15 is 0 Å². The first-order chi connectivity index (χ1) is 9.61. The molecule has 1 unspecified atom stereocenters. The molecular formula is C16H22BrNO2. The molecule has 0 radical (unpaired) electrons. The van der Waals surface area contributed by atoms with E-state index in [-0.39, 0.29) is 0 Å². The number of rotatable bonds is 4. The summed E-state index contributed by atoms with van der Waals surface area (Å²) in [6.07, 6.45) is 3.11. The predicted octanol–water partition coefficient (Wildman–Crippen LogP) is 4.01. The molecule has 4 heteroatoms. The number of nitrogens with one attached hydrogen (secondary N) is 1. The average molecular weight is 340 g/mol. The molecule has 1 aromatic rings. The number of benzene rings is 1. The molecule has 0 amide bonds. The van der Waals surface area contributed by atoms with Gasteiger partial charge in [0.25, 0.3) is 0 Å². The van der Waals surface area contributed by atoms with Gasteiger partial charge in [0.1, 0.15) is 0 Å². The van der Waals surface area contributed by atoms with Crippen LogP contribution in [0.3, 0.4) is 0 Å². The highest BCUT2D eigenvalue weighted by Crippen LogP contribution is 2.38. The van der Waals surface area contributed by atoms with Crippen LogP contribution < -0.4 is 14.8 Å². The van der Waals surface area contributed by atoms with Crippen LogP contribution in [-0.2, 0) is 0 Å². The lowest BCUT2D eigenvalue weighted by atomic mass is 10.1. The fourth-order valence-corrected chi connectivity index (χ4v) is 2.76. The summed E-state index contributed by atoms with van der Waals surface area (Å²) in [7, 11) is 0. The van der Waals surface area contributed by atoms with E-state index in [9.17, 15) is 0 Å². The number of hydrogen-bond acceptors (Lipinski definition) is 3. The van der Waals surface area contributed by atoms with Crippen LogP contribution in [0.4, 0.5) is 0 Å². The Morgan fingerprint density at radius 3 is 2.90 bits per heavy atom. The molecule has 1 aromatic carbocycles. The van der Waals surface area contributed by atoms with Crippen LogP contribution in [0.1, 0.15) is 32.8 Å². The Morgan fingerprint density at radius 2 is 2.15 bits per heavy atom. The molecule has 0 fully saturated rings. The second-order valence-corrected chi connectivity index (χ2v) is 5.90. The quantitative estimate of drug-likeness (QED) is 0.898. The van der Waals surface area contributed by atoms with Crippen molar-refractivity contribution < 1.29 is 9.47 Å². The summed E-state index contributed by atoms with van der Waals surface area (Å²) in [6.45, 7) is 8.82. The summed E-state index contributed by atoms with van der Waals surface area (Å²) in [5, 5.41) is 3.42. The van der Waals surface area contributed by atoms with E-state index in [0.29, 0.717) is 19.3 Å². The van der Waals surface area contributed by atoms with Gasteiger partial charge in [-0.05, 0) is 54.0 Å². The van der Waals surface area contributed by atoms with Gasteiger partial charge in [0, 0.05) is 12.5 Å². The minimum absolute atomic E-state index is 0.370. The van der Waals surface area contributed by atoms with Gasteiger partial charge in [-0.2, -0.15) is 0 Å². The maximum Gasteiger partial charge on any atom is 0.175 e. The molecule has 3 nitrogen and oxygen atoms in total. The summed E-state index contributed by atoms with van der Waals surface area (Å²) in [5.74, 6) is 1.64. The number of likely N-dealkylation sites (N-methyl/N-ethyl adjacent to an activating group) is 1. The Morgan fingerprint density at radius 1 is 1.40 bits per heavy atom. The molecule has 1 heterocycles. The molecule has 0 spiro atoms. The topological polar surface area (TPSA) is 30.5 Å². The molecule has 110 valence electrons. The summed E-state index contributed by atoms with van der Waals surface area (Å²) < 4.78 is 12.4. The van der Waals surface area contributed by atoms with Crippen LogP contribution in [-0.4, -0.2) is 25.8 Å². The zero-order chi connectivity index (χ0) is 14.5. The largest absolute Gasteiger partial charge is 0.489 e. The minimum atomic E-state index is 0.370. The van der Waals surface area contributed by atoms with Crippen molar-refractivity contribution >= 4 is 22.0 Å². The smallest absolute Gasteiger partial charge is 0.175 e. The minimum Gasteiger partial charge on any atom is -0.489 e. The van der Waals surface area contributed by atoms with E-state index in [1.165, 1.54) is 5.57 Å². The molecule has 2 rings (SSSR count). The second-order valence-electron chi connectivity index (χ2n) is 5.05. The highest BCUT2D eigenvalue weighted by Gasteiger charge is 2.15. The van der Waals surface area contributed by atoms with Crippen molar-refractivity contribution in [3.8, 4) is 11.5 Å². The van der Waals surface area contributed by atoms with Crippen molar-refractivity contribution in [2.45, 2.75) is 33.2 Å². The van der Waals surface area contributed by atoms with Crippen LogP contribution >= 0.6 is 15.9 Å². The van der Waals surface area contributed by atoms with Gasteiger partial charge in [-0.15, -0.1) is 0 Å². The summed E-state index contributed by atoms with van der Waals surface area (Å²) in [4.78, 5) is 0. The molecule has 0 aromatic heterocycles. The van der Waals surface area contributed by atoms with Crippen molar-refractivity contribution in [1.29, 1.82) is 0 Å². The maximum atomic E-state index is 5.76. The molecule has 1 aliphatic rings. The highest BCUT2D eigenvalue weighted by atomic mass is 79.9. The van der Waals surface area contributed by atoms with Crippen molar-refractivity contribution in [3.05, 3.63) is 27.7 Å². The van der Waals surface area contributed by atoms with Gasteiger partial charge in [-0.25, -0.2) is 0 Å². The molecule has 0 aliphatic carbocycles. The zero-order valence-electron chi connectivity index (χ0n) is 12.3. The first kappa shape index (κ1) is 15.4. The van der Waals surface area contributed by atoms with Crippen LogP contribution in [0.2, 0.25) is 0 Å². The Bertz CT molecular complexity index is 499. The highest BCUT2D eigenvalue weighted by molar-refractivity contribution is 9.10. The van der Waals surface area contributed by atoms with Crippen LogP contribution in [0.5, 0.6) is 11.5 Å². The normalized spacial score (nSPS) is 16.7. The first-order valence-electron chi connectivity index (χ1n) is 7.12. The molecule has 0 saturated carbocycles. The van der Waals surface area contributed by atoms with Crippen LogP contribution in [0, 0.1) is 0 Å². The van der Waals surface area contributed by atoms with Crippen molar-refractivity contribution in [3.63, 3.8) is 0 Å². The van der Waals surface area contributed by atoms with E-state index in [0.717, 1.165) is 34.5 Å². The lowest BCUT2D eigenvalue weighted by Crippen LogP contribution is -2.26. The first-order valence-corrected chi connectivity index (χ1v) is 7.91. The predicted molar refractivity (Wildman–Crippen MR) is 86.5 cm³/mol. The third-order valence-electron chi connectivity index (χ3n) is 3.41. The van der Waals surface area contributed by atoms with Crippen molar-refractivity contribution in [2.24, 2.45) is 0 Å². The fraction of sp³-hybridized carbons (Fsp3) is 0.500. The van der Waals surface area contributed by atoms with Gasteiger partial charge in [0.05, 0.1) is 17.7 Å². The SMILES string of the molecule is CCNC(C)/C(C)=C/c1cc(Br)c2c(c1)OCCCO2. The summed E-state index contributed by atoms with van der Waals surface area (Å²) in [5.41, 5.74) is 2.43. The third-order valence-corrected chi connectivity index (χ3v) is 4.00. The standard InChI is InChI=1S/C16H22BrNO2/c1-4-18-12(3)11(2)8-13-9-14(17)16-15(10-13)19-6-5-7-20-16/h8-10,12,18H,4-7H2,1-3H3/b11-8+. The van der Waals surface area contributed by atoms with Gasteiger partial charge in [-0.1, -0.05) is 18.6 Å². The Balaban J connectivity index is 2.27. The lowest BCUT2D eigenvalue weighted by molar-refractivity contribution is 0.296. The van der Waals surface area contributed by atoms with Crippen molar-refractivity contribution in [1.82, 2.24) is 5.32 Å².